The SMILES string of the molecule is CSCCC(C)(C(=O)CC(C)=O)N1CCOCC1. The minimum Gasteiger partial charge on any atom is -0.379 e. The summed E-state index contributed by atoms with van der Waals surface area (Å²) in [6.07, 6.45) is 2.87. The van der Waals surface area contributed by atoms with Crippen LogP contribution in [0.15, 0.2) is 0 Å². The van der Waals surface area contributed by atoms with Gasteiger partial charge in [-0.3, -0.25) is 14.5 Å². The second-order valence-corrected chi connectivity index (χ2v) is 5.90. The van der Waals surface area contributed by atoms with Gasteiger partial charge < -0.3 is 4.74 Å². The lowest BCUT2D eigenvalue weighted by atomic mass is 9.88. The van der Waals surface area contributed by atoms with Crippen LogP contribution in [-0.4, -0.2) is 60.3 Å². The number of Topliss-reactive ketones (excluding diaryl/α,β-unsaturated/α-hetero) is 2. The first-order chi connectivity index (χ1) is 8.50. The summed E-state index contributed by atoms with van der Waals surface area (Å²) in [7, 11) is 0. The van der Waals surface area contributed by atoms with E-state index in [4.69, 9.17) is 4.74 Å². The third-order valence-corrected chi connectivity index (χ3v) is 4.12. The number of rotatable bonds is 7. The Labute approximate surface area is 113 Å². The number of nitrogens with zero attached hydrogens (tertiary/aromatic N) is 1. The predicted molar refractivity (Wildman–Crippen MR) is 74.1 cm³/mol. The Morgan fingerprint density at radius 3 is 2.44 bits per heavy atom. The molecule has 0 amide bonds. The fourth-order valence-electron chi connectivity index (χ4n) is 2.25. The van der Waals surface area contributed by atoms with Crippen LogP contribution in [0.4, 0.5) is 0 Å². The Balaban J connectivity index is 2.78. The highest BCUT2D eigenvalue weighted by molar-refractivity contribution is 7.98. The van der Waals surface area contributed by atoms with Gasteiger partial charge in [-0.05, 0) is 32.3 Å². The minimum absolute atomic E-state index is 0.0439. The van der Waals surface area contributed by atoms with Gasteiger partial charge in [-0.2, -0.15) is 11.8 Å². The molecule has 4 nitrogen and oxygen atoms in total. The number of ketones is 2. The molecule has 1 aliphatic rings. The van der Waals surface area contributed by atoms with E-state index in [1.165, 1.54) is 6.92 Å². The zero-order valence-corrected chi connectivity index (χ0v) is 12.3. The topological polar surface area (TPSA) is 46.6 Å². The quantitative estimate of drug-likeness (QED) is 0.656. The Kier molecular flexibility index (Phi) is 6.32. The van der Waals surface area contributed by atoms with Crippen molar-refractivity contribution in [3.8, 4) is 0 Å². The van der Waals surface area contributed by atoms with Crippen molar-refractivity contribution in [2.75, 3.05) is 38.3 Å². The van der Waals surface area contributed by atoms with Gasteiger partial charge in [0.25, 0.3) is 0 Å². The monoisotopic (exact) mass is 273 g/mol. The maximum absolute atomic E-state index is 12.4. The van der Waals surface area contributed by atoms with E-state index < -0.39 is 5.54 Å². The van der Waals surface area contributed by atoms with E-state index in [1.54, 1.807) is 11.8 Å². The zero-order chi connectivity index (χ0) is 13.6. The summed E-state index contributed by atoms with van der Waals surface area (Å²) in [5, 5.41) is 0. The second kappa shape index (κ2) is 7.26. The first kappa shape index (κ1) is 15.7. The summed E-state index contributed by atoms with van der Waals surface area (Å²) in [5.74, 6) is 0.923. The molecule has 1 rings (SSSR count). The van der Waals surface area contributed by atoms with Crippen LogP contribution in [-0.2, 0) is 14.3 Å². The summed E-state index contributed by atoms with van der Waals surface area (Å²) in [4.78, 5) is 25.7. The molecule has 0 bridgehead atoms. The molecule has 0 aromatic carbocycles. The lowest BCUT2D eigenvalue weighted by molar-refractivity contribution is -0.136. The van der Waals surface area contributed by atoms with Crippen LogP contribution in [0.25, 0.3) is 0 Å². The van der Waals surface area contributed by atoms with Crippen molar-refractivity contribution in [2.45, 2.75) is 32.2 Å². The largest absolute Gasteiger partial charge is 0.379 e. The fourth-order valence-corrected chi connectivity index (χ4v) is 2.85. The van der Waals surface area contributed by atoms with Gasteiger partial charge in [-0.25, -0.2) is 0 Å². The van der Waals surface area contributed by atoms with E-state index in [2.05, 4.69) is 4.90 Å². The van der Waals surface area contributed by atoms with Crippen molar-refractivity contribution in [1.29, 1.82) is 0 Å². The molecule has 0 N–H and O–H groups in total. The molecule has 1 unspecified atom stereocenters. The summed E-state index contributed by atoms with van der Waals surface area (Å²) in [6.45, 7) is 6.33. The molecule has 0 radical (unpaired) electrons. The van der Waals surface area contributed by atoms with Crippen LogP contribution in [0.3, 0.4) is 0 Å². The van der Waals surface area contributed by atoms with Gasteiger partial charge in [0, 0.05) is 13.1 Å². The first-order valence-corrected chi connectivity index (χ1v) is 7.74. The Bertz CT molecular complexity index is 303. The van der Waals surface area contributed by atoms with E-state index in [9.17, 15) is 9.59 Å². The number of thioether (sulfide) groups is 1. The van der Waals surface area contributed by atoms with Crippen LogP contribution < -0.4 is 0 Å². The molecule has 1 fully saturated rings. The average Bonchev–Trinajstić information content (AvgIpc) is 2.36. The molecule has 5 heteroatoms. The average molecular weight is 273 g/mol. The molecule has 1 saturated heterocycles. The maximum Gasteiger partial charge on any atom is 0.160 e. The fraction of sp³-hybridized carbons (Fsp3) is 0.846. The highest BCUT2D eigenvalue weighted by Crippen LogP contribution is 2.25. The van der Waals surface area contributed by atoms with Crippen molar-refractivity contribution >= 4 is 23.3 Å². The zero-order valence-electron chi connectivity index (χ0n) is 11.5. The molecule has 0 aromatic heterocycles. The number of morpholine rings is 1. The van der Waals surface area contributed by atoms with Crippen LogP contribution in [0, 0.1) is 0 Å². The van der Waals surface area contributed by atoms with Crippen LogP contribution in [0.1, 0.15) is 26.7 Å². The molecule has 104 valence electrons. The minimum atomic E-state index is -0.515. The molecular weight excluding hydrogens is 250 g/mol. The molecule has 1 aliphatic heterocycles. The third kappa shape index (κ3) is 4.07. The number of hydrogen-bond donors (Lipinski definition) is 0. The van der Waals surface area contributed by atoms with Gasteiger partial charge in [0.1, 0.15) is 5.78 Å². The highest BCUT2D eigenvalue weighted by atomic mass is 32.2. The molecule has 0 saturated carbocycles. The smallest absolute Gasteiger partial charge is 0.160 e. The van der Waals surface area contributed by atoms with Crippen LogP contribution in [0.2, 0.25) is 0 Å². The first-order valence-electron chi connectivity index (χ1n) is 6.35. The van der Waals surface area contributed by atoms with E-state index in [1.807, 2.05) is 13.2 Å². The van der Waals surface area contributed by atoms with E-state index in [-0.39, 0.29) is 18.0 Å². The van der Waals surface area contributed by atoms with Gasteiger partial charge in [0.15, 0.2) is 5.78 Å². The molecule has 1 heterocycles. The lowest BCUT2D eigenvalue weighted by Crippen LogP contribution is -2.57. The number of hydrogen-bond acceptors (Lipinski definition) is 5. The molecule has 0 aromatic rings. The van der Waals surface area contributed by atoms with Crippen molar-refractivity contribution in [3.63, 3.8) is 0 Å². The van der Waals surface area contributed by atoms with Crippen molar-refractivity contribution < 1.29 is 14.3 Å². The normalized spacial score (nSPS) is 20.4. The molecule has 18 heavy (non-hydrogen) atoms. The van der Waals surface area contributed by atoms with E-state index in [0.29, 0.717) is 13.2 Å². The molecular formula is C13H23NO3S. The molecule has 0 aliphatic carbocycles. The second-order valence-electron chi connectivity index (χ2n) is 4.92. The summed E-state index contributed by atoms with van der Waals surface area (Å²) in [6, 6.07) is 0. The van der Waals surface area contributed by atoms with Crippen LogP contribution >= 0.6 is 11.8 Å². The molecule has 0 spiro atoms. The summed E-state index contributed by atoms with van der Waals surface area (Å²) < 4.78 is 5.34. The number of carbonyl (C=O) groups is 2. The van der Waals surface area contributed by atoms with Crippen LogP contribution in [0.5, 0.6) is 0 Å². The van der Waals surface area contributed by atoms with Gasteiger partial charge in [-0.15, -0.1) is 0 Å². The van der Waals surface area contributed by atoms with E-state index in [0.717, 1.165) is 25.3 Å². The van der Waals surface area contributed by atoms with E-state index >= 15 is 0 Å². The van der Waals surface area contributed by atoms with Gasteiger partial charge in [0.2, 0.25) is 0 Å². The maximum atomic E-state index is 12.4. The number of carbonyl (C=O) groups excluding carboxylic acids is 2. The predicted octanol–water partition coefficient (Wildman–Crippen LogP) is 1.38. The van der Waals surface area contributed by atoms with Crippen molar-refractivity contribution in [1.82, 2.24) is 4.90 Å². The van der Waals surface area contributed by atoms with Crippen molar-refractivity contribution in [3.05, 3.63) is 0 Å². The summed E-state index contributed by atoms with van der Waals surface area (Å²) in [5.41, 5.74) is -0.515. The highest BCUT2D eigenvalue weighted by Gasteiger charge is 2.39. The summed E-state index contributed by atoms with van der Waals surface area (Å²) >= 11 is 1.73. The van der Waals surface area contributed by atoms with Gasteiger partial charge in [-0.1, -0.05) is 0 Å². The van der Waals surface area contributed by atoms with Gasteiger partial charge >= 0.3 is 0 Å². The Morgan fingerprint density at radius 2 is 1.94 bits per heavy atom. The third-order valence-electron chi connectivity index (χ3n) is 3.51. The number of ether oxygens (including phenoxy) is 1. The van der Waals surface area contributed by atoms with Gasteiger partial charge in [0.05, 0.1) is 25.2 Å². The standard InChI is InChI=1S/C13H23NO3S/c1-11(15)10-12(16)13(2,4-9-18-3)14-5-7-17-8-6-14/h4-10H2,1-3H3. The Hall–Kier alpha value is -0.390. The van der Waals surface area contributed by atoms with Crippen molar-refractivity contribution in [2.24, 2.45) is 0 Å². The molecule has 1 atom stereocenters. The Morgan fingerprint density at radius 1 is 1.33 bits per heavy atom. The lowest BCUT2D eigenvalue weighted by Gasteiger charge is -2.42.